The van der Waals surface area contributed by atoms with Gasteiger partial charge < -0.3 is 4.90 Å². The largest absolute Gasteiger partial charge is 0.368 e. The molecule has 0 aromatic heterocycles. The fraction of sp³-hybridized carbons (Fsp3) is 0.300. The number of piperazine rings is 1. The first-order valence-electron chi connectivity index (χ1n) is 8.68. The fourth-order valence-corrected chi connectivity index (χ4v) is 3.76. The standard InChI is InChI=1S/C20H21N3O2/c1-14(15-6-3-2-4-7-15)22-10-12-23(13-11-22)17-9-5-8-16-18(17)20(25)21-19(16)24/h2-9,14H,10-13H2,1H3,(H,21,24,25). The van der Waals surface area contributed by atoms with Gasteiger partial charge in [-0.2, -0.15) is 0 Å². The molecule has 0 radical (unpaired) electrons. The van der Waals surface area contributed by atoms with E-state index in [1.54, 1.807) is 6.07 Å². The summed E-state index contributed by atoms with van der Waals surface area (Å²) in [6, 6.07) is 16.4. The highest BCUT2D eigenvalue weighted by Crippen LogP contribution is 2.29. The molecule has 1 saturated heterocycles. The number of fused-ring (bicyclic) bond motifs is 1. The zero-order valence-electron chi connectivity index (χ0n) is 14.2. The van der Waals surface area contributed by atoms with Crippen LogP contribution in [-0.4, -0.2) is 42.9 Å². The van der Waals surface area contributed by atoms with Gasteiger partial charge in [-0.3, -0.25) is 19.8 Å². The zero-order valence-corrected chi connectivity index (χ0v) is 14.2. The Morgan fingerprint density at radius 3 is 2.32 bits per heavy atom. The second kappa shape index (κ2) is 6.33. The quantitative estimate of drug-likeness (QED) is 0.876. The van der Waals surface area contributed by atoms with Gasteiger partial charge in [0.15, 0.2) is 0 Å². The molecule has 5 nitrogen and oxygen atoms in total. The number of rotatable bonds is 3. The number of amides is 2. The van der Waals surface area contributed by atoms with Gasteiger partial charge in [-0.25, -0.2) is 0 Å². The van der Waals surface area contributed by atoms with Crippen LogP contribution in [-0.2, 0) is 0 Å². The van der Waals surface area contributed by atoms with E-state index in [0.717, 1.165) is 31.9 Å². The summed E-state index contributed by atoms with van der Waals surface area (Å²) >= 11 is 0. The monoisotopic (exact) mass is 335 g/mol. The predicted molar refractivity (Wildman–Crippen MR) is 96.9 cm³/mol. The van der Waals surface area contributed by atoms with Crippen molar-refractivity contribution in [2.45, 2.75) is 13.0 Å². The molecule has 2 amide bonds. The van der Waals surface area contributed by atoms with E-state index in [-0.39, 0.29) is 11.8 Å². The molecule has 2 heterocycles. The van der Waals surface area contributed by atoms with Crippen molar-refractivity contribution in [2.75, 3.05) is 31.1 Å². The lowest BCUT2D eigenvalue weighted by molar-refractivity contribution is 0.0879. The van der Waals surface area contributed by atoms with Crippen molar-refractivity contribution in [2.24, 2.45) is 0 Å². The van der Waals surface area contributed by atoms with Crippen LogP contribution in [0.2, 0.25) is 0 Å². The molecule has 1 unspecified atom stereocenters. The maximum Gasteiger partial charge on any atom is 0.261 e. The summed E-state index contributed by atoms with van der Waals surface area (Å²) in [5, 5.41) is 2.40. The van der Waals surface area contributed by atoms with Gasteiger partial charge in [-0.1, -0.05) is 36.4 Å². The molecule has 2 aromatic rings. The molecular weight excluding hydrogens is 314 g/mol. The number of hydrogen-bond donors (Lipinski definition) is 1. The van der Waals surface area contributed by atoms with E-state index < -0.39 is 0 Å². The Kier molecular flexibility index (Phi) is 4.01. The second-order valence-electron chi connectivity index (χ2n) is 6.59. The van der Waals surface area contributed by atoms with E-state index in [1.165, 1.54) is 5.56 Å². The lowest BCUT2D eigenvalue weighted by Gasteiger charge is -2.39. The van der Waals surface area contributed by atoms with Gasteiger partial charge in [-0.15, -0.1) is 0 Å². The molecule has 0 bridgehead atoms. The van der Waals surface area contributed by atoms with Crippen molar-refractivity contribution in [1.82, 2.24) is 10.2 Å². The Bertz CT molecular complexity index is 811. The predicted octanol–water partition coefficient (Wildman–Crippen LogP) is 2.45. The maximum absolute atomic E-state index is 12.1. The number of imide groups is 1. The van der Waals surface area contributed by atoms with Crippen LogP contribution in [0.5, 0.6) is 0 Å². The molecule has 0 aliphatic carbocycles. The third kappa shape index (κ3) is 2.81. The molecule has 25 heavy (non-hydrogen) atoms. The third-order valence-electron chi connectivity index (χ3n) is 5.23. The van der Waals surface area contributed by atoms with Crippen LogP contribution in [0.4, 0.5) is 5.69 Å². The molecule has 2 aliphatic rings. The van der Waals surface area contributed by atoms with Gasteiger partial charge >= 0.3 is 0 Å². The minimum absolute atomic E-state index is 0.282. The van der Waals surface area contributed by atoms with Gasteiger partial charge in [0.1, 0.15) is 0 Å². The molecule has 2 aliphatic heterocycles. The molecule has 2 aromatic carbocycles. The molecule has 4 rings (SSSR count). The normalized spacial score (nSPS) is 18.8. The first-order valence-corrected chi connectivity index (χ1v) is 8.68. The maximum atomic E-state index is 12.1. The molecule has 0 saturated carbocycles. The first-order chi connectivity index (χ1) is 12.1. The molecule has 1 atom stereocenters. The van der Waals surface area contributed by atoms with Crippen LogP contribution >= 0.6 is 0 Å². The fourth-order valence-electron chi connectivity index (χ4n) is 3.76. The first kappa shape index (κ1) is 15.8. The molecular formula is C20H21N3O2. The number of benzene rings is 2. The zero-order chi connectivity index (χ0) is 17.4. The molecule has 5 heteroatoms. The van der Waals surface area contributed by atoms with Crippen molar-refractivity contribution >= 4 is 17.5 Å². The summed E-state index contributed by atoms with van der Waals surface area (Å²) < 4.78 is 0. The smallest absolute Gasteiger partial charge is 0.261 e. The number of carbonyl (C=O) groups excluding carboxylic acids is 2. The average molecular weight is 335 g/mol. The lowest BCUT2D eigenvalue weighted by Crippen LogP contribution is -2.47. The molecule has 0 spiro atoms. The van der Waals surface area contributed by atoms with E-state index in [4.69, 9.17) is 0 Å². The summed E-state index contributed by atoms with van der Waals surface area (Å²) in [5.41, 5.74) is 3.20. The van der Waals surface area contributed by atoms with Gasteiger partial charge in [0, 0.05) is 32.2 Å². The van der Waals surface area contributed by atoms with Crippen molar-refractivity contribution in [3.8, 4) is 0 Å². The highest BCUT2D eigenvalue weighted by molar-refractivity contribution is 6.23. The van der Waals surface area contributed by atoms with Crippen molar-refractivity contribution in [1.29, 1.82) is 0 Å². The minimum atomic E-state index is -0.293. The van der Waals surface area contributed by atoms with E-state index in [0.29, 0.717) is 17.2 Å². The van der Waals surface area contributed by atoms with Crippen LogP contribution in [0, 0.1) is 0 Å². The Morgan fingerprint density at radius 2 is 1.60 bits per heavy atom. The number of hydrogen-bond acceptors (Lipinski definition) is 4. The topological polar surface area (TPSA) is 52.6 Å². The molecule has 1 fully saturated rings. The van der Waals surface area contributed by atoms with Crippen molar-refractivity contribution in [3.63, 3.8) is 0 Å². The Morgan fingerprint density at radius 1 is 0.880 bits per heavy atom. The minimum Gasteiger partial charge on any atom is -0.368 e. The lowest BCUT2D eigenvalue weighted by atomic mass is 10.0. The number of nitrogens with zero attached hydrogens (tertiary/aromatic N) is 2. The van der Waals surface area contributed by atoms with Gasteiger partial charge in [0.25, 0.3) is 11.8 Å². The van der Waals surface area contributed by atoms with Crippen molar-refractivity contribution in [3.05, 3.63) is 65.2 Å². The Labute approximate surface area is 147 Å². The third-order valence-corrected chi connectivity index (χ3v) is 5.23. The summed E-state index contributed by atoms with van der Waals surface area (Å²) in [4.78, 5) is 28.7. The summed E-state index contributed by atoms with van der Waals surface area (Å²) in [6.45, 7) is 5.77. The van der Waals surface area contributed by atoms with Gasteiger partial charge in [0.2, 0.25) is 0 Å². The van der Waals surface area contributed by atoms with E-state index >= 15 is 0 Å². The van der Waals surface area contributed by atoms with E-state index in [1.807, 2.05) is 18.2 Å². The highest BCUT2D eigenvalue weighted by Gasteiger charge is 2.32. The van der Waals surface area contributed by atoms with Crippen LogP contribution in [0.25, 0.3) is 0 Å². The van der Waals surface area contributed by atoms with Crippen LogP contribution in [0.15, 0.2) is 48.5 Å². The highest BCUT2D eigenvalue weighted by atomic mass is 16.2. The number of nitrogens with one attached hydrogen (secondary N) is 1. The number of anilines is 1. The van der Waals surface area contributed by atoms with Crippen molar-refractivity contribution < 1.29 is 9.59 Å². The molecule has 1 N–H and O–H groups in total. The van der Waals surface area contributed by atoms with Crippen LogP contribution in [0.1, 0.15) is 39.2 Å². The summed E-state index contributed by atoms with van der Waals surface area (Å²) in [5.74, 6) is -0.575. The van der Waals surface area contributed by atoms with Crippen LogP contribution in [0.3, 0.4) is 0 Å². The Balaban J connectivity index is 1.50. The van der Waals surface area contributed by atoms with E-state index in [2.05, 4.69) is 46.3 Å². The summed E-state index contributed by atoms with van der Waals surface area (Å²) in [7, 11) is 0. The SMILES string of the molecule is CC(c1ccccc1)N1CCN(c2cccc3c2C(=O)NC3=O)CC1. The van der Waals surface area contributed by atoms with Gasteiger partial charge in [0.05, 0.1) is 16.8 Å². The van der Waals surface area contributed by atoms with Crippen LogP contribution < -0.4 is 10.2 Å². The van der Waals surface area contributed by atoms with E-state index in [9.17, 15) is 9.59 Å². The molecule has 128 valence electrons. The summed E-state index contributed by atoms with van der Waals surface area (Å²) in [6.07, 6.45) is 0. The average Bonchev–Trinajstić information content (AvgIpc) is 2.96. The second-order valence-corrected chi connectivity index (χ2v) is 6.59. The number of carbonyl (C=O) groups is 2. The Hall–Kier alpha value is -2.66. The van der Waals surface area contributed by atoms with Gasteiger partial charge in [-0.05, 0) is 24.6 Å².